The summed E-state index contributed by atoms with van der Waals surface area (Å²) >= 11 is 1.75. The third kappa shape index (κ3) is 4.48. The van der Waals surface area contributed by atoms with Crippen molar-refractivity contribution in [2.45, 2.75) is 6.17 Å². The van der Waals surface area contributed by atoms with Gasteiger partial charge in [-0.2, -0.15) is 0 Å². The number of aromatic nitrogens is 1. The van der Waals surface area contributed by atoms with E-state index in [9.17, 15) is 0 Å². The minimum atomic E-state index is -0.239. The van der Waals surface area contributed by atoms with E-state index >= 15 is 0 Å². The Morgan fingerprint density at radius 1 is 0.556 bits per heavy atom. The molecule has 9 rings (SSSR count). The van der Waals surface area contributed by atoms with Crippen molar-refractivity contribution in [3.05, 3.63) is 162 Å². The van der Waals surface area contributed by atoms with Crippen LogP contribution in [0.3, 0.4) is 0 Å². The predicted octanol–water partition coefficient (Wildman–Crippen LogP) is 9.92. The minimum Gasteiger partial charge on any atom is -0.344 e. The highest BCUT2D eigenvalue weighted by atomic mass is 32.1. The van der Waals surface area contributed by atoms with Gasteiger partial charge in [0.2, 0.25) is 0 Å². The van der Waals surface area contributed by atoms with Gasteiger partial charge in [-0.3, -0.25) is 0 Å². The summed E-state index contributed by atoms with van der Waals surface area (Å²) < 4.78 is 1.17. The first-order chi connectivity index (χ1) is 22.3. The van der Waals surface area contributed by atoms with E-state index in [1.54, 1.807) is 11.3 Å². The van der Waals surface area contributed by atoms with Crippen LogP contribution in [0.5, 0.6) is 0 Å². The van der Waals surface area contributed by atoms with E-state index in [0.717, 1.165) is 38.4 Å². The van der Waals surface area contributed by atoms with Crippen LogP contribution in [0.25, 0.3) is 53.1 Å². The summed E-state index contributed by atoms with van der Waals surface area (Å²) in [4.78, 5) is 15.3. The van der Waals surface area contributed by atoms with Gasteiger partial charge in [-0.25, -0.2) is 15.0 Å². The van der Waals surface area contributed by atoms with Crippen LogP contribution >= 0.6 is 11.3 Å². The molecule has 0 spiro atoms. The maximum Gasteiger partial charge on any atom is 0.159 e. The number of hydrogen-bond acceptors (Lipinski definition) is 5. The van der Waals surface area contributed by atoms with Gasteiger partial charge in [-0.15, -0.1) is 11.3 Å². The number of rotatable bonds is 4. The van der Waals surface area contributed by atoms with Crippen molar-refractivity contribution in [2.24, 2.45) is 9.98 Å². The highest BCUT2D eigenvalue weighted by molar-refractivity contribution is 7.22. The monoisotopic (exact) mass is 594 g/mol. The zero-order chi connectivity index (χ0) is 29.7. The molecule has 0 amide bonds. The lowest BCUT2D eigenvalue weighted by atomic mass is 9.97. The van der Waals surface area contributed by atoms with Crippen molar-refractivity contribution in [3.8, 4) is 10.6 Å². The van der Waals surface area contributed by atoms with Gasteiger partial charge < -0.3 is 5.32 Å². The second-order valence-electron chi connectivity index (χ2n) is 11.3. The van der Waals surface area contributed by atoms with Gasteiger partial charge >= 0.3 is 0 Å². The van der Waals surface area contributed by atoms with Gasteiger partial charge in [-0.05, 0) is 50.7 Å². The summed E-state index contributed by atoms with van der Waals surface area (Å²) in [5.74, 6) is 1.53. The molecular weight excluding hydrogens is 569 g/mol. The van der Waals surface area contributed by atoms with Crippen LogP contribution in [0.1, 0.15) is 22.9 Å². The fraction of sp³-hybridized carbons (Fsp3) is 0.0250. The first-order valence-corrected chi connectivity index (χ1v) is 15.9. The molecule has 212 valence electrons. The molecule has 0 saturated carbocycles. The van der Waals surface area contributed by atoms with Gasteiger partial charge in [0, 0.05) is 22.1 Å². The Morgan fingerprint density at radius 3 is 2.11 bits per heavy atom. The smallest absolute Gasteiger partial charge is 0.159 e. The molecule has 1 aromatic heterocycles. The Labute approximate surface area is 264 Å². The molecule has 1 unspecified atom stereocenters. The second kappa shape index (κ2) is 10.5. The van der Waals surface area contributed by atoms with E-state index < -0.39 is 0 Å². The number of hydrogen-bond donors (Lipinski definition) is 1. The lowest BCUT2D eigenvalue weighted by Crippen LogP contribution is -2.33. The normalized spacial score (nSPS) is 14.9. The number of thiazole rings is 1. The molecule has 0 aliphatic carbocycles. The van der Waals surface area contributed by atoms with Crippen LogP contribution in [-0.2, 0) is 0 Å². The van der Waals surface area contributed by atoms with Crippen LogP contribution in [0.15, 0.2) is 156 Å². The van der Waals surface area contributed by atoms with Crippen LogP contribution in [-0.4, -0.2) is 16.7 Å². The van der Waals surface area contributed by atoms with Crippen molar-refractivity contribution < 1.29 is 0 Å². The fourth-order valence-electron chi connectivity index (χ4n) is 6.32. The van der Waals surface area contributed by atoms with E-state index in [4.69, 9.17) is 15.0 Å². The predicted molar refractivity (Wildman–Crippen MR) is 189 cm³/mol. The Morgan fingerprint density at radius 2 is 1.27 bits per heavy atom. The van der Waals surface area contributed by atoms with Crippen molar-refractivity contribution in [1.29, 1.82) is 0 Å². The highest BCUT2D eigenvalue weighted by Crippen LogP contribution is 2.40. The molecular formula is C40H26N4S. The molecule has 0 radical (unpaired) electrons. The van der Waals surface area contributed by atoms with Crippen molar-refractivity contribution in [1.82, 2.24) is 10.3 Å². The van der Waals surface area contributed by atoms with E-state index in [1.165, 1.54) is 37.2 Å². The molecule has 7 aromatic carbocycles. The van der Waals surface area contributed by atoms with Gasteiger partial charge in [0.25, 0.3) is 0 Å². The summed E-state index contributed by atoms with van der Waals surface area (Å²) in [7, 11) is 0. The van der Waals surface area contributed by atoms with Crippen LogP contribution in [0.4, 0.5) is 0 Å². The minimum absolute atomic E-state index is 0.239. The maximum absolute atomic E-state index is 5.19. The third-order valence-corrected chi connectivity index (χ3v) is 9.67. The number of amidine groups is 2. The number of benzene rings is 7. The van der Waals surface area contributed by atoms with Gasteiger partial charge in [0.15, 0.2) is 5.84 Å². The zero-order valence-electron chi connectivity index (χ0n) is 24.2. The Bertz CT molecular complexity index is 2460. The van der Waals surface area contributed by atoms with Crippen molar-refractivity contribution >= 4 is 65.5 Å². The summed E-state index contributed by atoms with van der Waals surface area (Å²) in [5.41, 5.74) is 5.28. The SMILES string of the molecule is c1ccc(C2=NC(c3ccc4ccc5nc(-c6cc7ccccc7c7ccccc67)sc5c4c3)=NC(c3ccccc3)N2)cc1. The molecule has 1 aliphatic heterocycles. The van der Waals surface area contributed by atoms with Crippen LogP contribution in [0, 0.1) is 0 Å². The Kier molecular flexibility index (Phi) is 6.03. The molecule has 5 heteroatoms. The summed E-state index contributed by atoms with van der Waals surface area (Å²) in [6, 6.07) is 51.0. The molecule has 1 atom stereocenters. The number of fused-ring (bicyclic) bond motifs is 6. The molecule has 2 heterocycles. The quantitative estimate of drug-likeness (QED) is 0.206. The first-order valence-electron chi connectivity index (χ1n) is 15.1. The lowest BCUT2D eigenvalue weighted by Gasteiger charge is -2.23. The molecule has 0 bridgehead atoms. The lowest BCUT2D eigenvalue weighted by molar-refractivity contribution is 0.674. The van der Waals surface area contributed by atoms with Crippen molar-refractivity contribution in [2.75, 3.05) is 0 Å². The van der Waals surface area contributed by atoms with E-state index in [2.05, 4.69) is 115 Å². The van der Waals surface area contributed by atoms with Crippen LogP contribution < -0.4 is 5.32 Å². The van der Waals surface area contributed by atoms with Gasteiger partial charge in [0.05, 0.1) is 10.2 Å². The zero-order valence-corrected chi connectivity index (χ0v) is 25.0. The van der Waals surface area contributed by atoms with E-state index in [-0.39, 0.29) is 6.17 Å². The highest BCUT2D eigenvalue weighted by Gasteiger charge is 2.21. The topological polar surface area (TPSA) is 49.6 Å². The second-order valence-corrected chi connectivity index (χ2v) is 12.3. The van der Waals surface area contributed by atoms with Gasteiger partial charge in [-0.1, -0.05) is 127 Å². The standard InChI is InChI=1S/C40H26N4S/c1-3-11-26(12-4-1)37-42-38(27-13-5-2-6-14-27)44-39(43-37)29-20-19-25-21-22-35-36(33(25)24-29)45-40(41-35)34-23-28-15-7-8-16-30(28)31-17-9-10-18-32(31)34/h1-24,37H,(H,42,43,44). The van der Waals surface area contributed by atoms with E-state index in [0.29, 0.717) is 5.84 Å². The average molecular weight is 595 g/mol. The molecule has 0 fully saturated rings. The molecule has 4 nitrogen and oxygen atoms in total. The van der Waals surface area contributed by atoms with Crippen LogP contribution in [0.2, 0.25) is 0 Å². The number of nitrogens with zero attached hydrogens (tertiary/aromatic N) is 3. The molecule has 0 saturated heterocycles. The van der Waals surface area contributed by atoms with Gasteiger partial charge in [0.1, 0.15) is 17.0 Å². The fourth-order valence-corrected chi connectivity index (χ4v) is 7.44. The number of nitrogens with one attached hydrogen (secondary N) is 1. The molecule has 45 heavy (non-hydrogen) atoms. The Balaban J connectivity index is 1.21. The first kappa shape index (κ1) is 25.8. The Hall–Kier alpha value is -5.65. The summed E-state index contributed by atoms with van der Waals surface area (Å²) in [6.45, 7) is 0. The summed E-state index contributed by atoms with van der Waals surface area (Å²) in [6.07, 6.45) is -0.239. The third-order valence-electron chi connectivity index (χ3n) is 8.53. The largest absolute Gasteiger partial charge is 0.344 e. The molecule has 8 aromatic rings. The molecule has 1 N–H and O–H groups in total. The van der Waals surface area contributed by atoms with E-state index in [1.807, 2.05) is 36.4 Å². The number of aliphatic imine (C=N–C) groups is 2. The molecule has 1 aliphatic rings. The maximum atomic E-state index is 5.19. The average Bonchev–Trinajstić information content (AvgIpc) is 3.57. The summed E-state index contributed by atoms with van der Waals surface area (Å²) in [5, 5.41) is 11.9. The van der Waals surface area contributed by atoms with Crippen molar-refractivity contribution in [3.63, 3.8) is 0 Å².